The largest absolute Gasteiger partial charge is 0.478 e. The number of nitrogens with zero attached hydrogens (tertiary/aromatic N) is 2. The highest BCUT2D eigenvalue weighted by atomic mass is 16.4. The molecule has 0 radical (unpaired) electrons. The van der Waals surface area contributed by atoms with E-state index >= 15 is 0 Å². The molecule has 0 saturated heterocycles. The number of carbonyl (C=O) groups is 2. The Morgan fingerprint density at radius 1 is 1.17 bits per heavy atom. The van der Waals surface area contributed by atoms with E-state index in [-0.39, 0.29) is 0 Å². The van der Waals surface area contributed by atoms with Crippen molar-refractivity contribution in [2.75, 3.05) is 6.54 Å². The first-order valence-corrected chi connectivity index (χ1v) is 7.41. The van der Waals surface area contributed by atoms with E-state index in [9.17, 15) is 9.59 Å². The van der Waals surface area contributed by atoms with Crippen LogP contribution in [0.3, 0.4) is 0 Å². The Morgan fingerprint density at radius 3 is 2.54 bits per heavy atom. The van der Waals surface area contributed by atoms with Crippen LogP contribution in [0.2, 0.25) is 0 Å². The van der Waals surface area contributed by atoms with Gasteiger partial charge in [0.05, 0.1) is 24.2 Å². The van der Waals surface area contributed by atoms with Gasteiger partial charge in [-0.1, -0.05) is 0 Å². The molecular weight excluding hydrogens is 312 g/mol. The van der Waals surface area contributed by atoms with Crippen LogP contribution in [0.25, 0.3) is 0 Å². The standard InChI is InChI=1S/C13H14N2O.C4H4O4/c1-4-13-12(14-7-9-15(13)8-1)6-5-11-3-2-10-16-11;5-3(6)1-2-4(7)8/h1-4,8,10H,5-7,9H2;1-2H,(H,5,6)(H,7,8). The Hall–Kier alpha value is -3.09. The second-order valence-corrected chi connectivity index (χ2v) is 5.00. The molecule has 0 fully saturated rings. The first kappa shape index (κ1) is 17.3. The quantitative estimate of drug-likeness (QED) is 0.818. The van der Waals surface area contributed by atoms with Gasteiger partial charge < -0.3 is 19.2 Å². The molecule has 0 spiro atoms. The molecule has 0 amide bonds. The molecule has 0 unspecified atom stereocenters. The molecule has 0 saturated carbocycles. The van der Waals surface area contributed by atoms with Crippen molar-refractivity contribution in [1.29, 1.82) is 0 Å². The van der Waals surface area contributed by atoms with Crippen molar-refractivity contribution in [1.82, 2.24) is 4.57 Å². The number of hydrogen-bond donors (Lipinski definition) is 2. The zero-order chi connectivity index (χ0) is 17.4. The maximum atomic E-state index is 9.55. The highest BCUT2D eigenvalue weighted by molar-refractivity contribution is 5.99. The summed E-state index contributed by atoms with van der Waals surface area (Å²) >= 11 is 0. The second kappa shape index (κ2) is 8.52. The first-order valence-electron chi connectivity index (χ1n) is 7.41. The Bertz CT molecular complexity index is 725. The minimum atomic E-state index is -1.26. The lowest BCUT2D eigenvalue weighted by Crippen LogP contribution is -2.17. The number of rotatable bonds is 5. The van der Waals surface area contributed by atoms with Gasteiger partial charge in [0.2, 0.25) is 0 Å². The number of carboxylic acid groups (broad SMARTS) is 2. The van der Waals surface area contributed by atoms with Gasteiger partial charge in [-0.3, -0.25) is 4.99 Å². The predicted molar refractivity (Wildman–Crippen MR) is 87.3 cm³/mol. The number of hydrogen-bond acceptors (Lipinski definition) is 4. The normalized spacial score (nSPS) is 12.9. The second-order valence-electron chi connectivity index (χ2n) is 5.00. The smallest absolute Gasteiger partial charge is 0.328 e. The third-order valence-corrected chi connectivity index (χ3v) is 3.33. The van der Waals surface area contributed by atoms with Crippen molar-refractivity contribution < 1.29 is 24.2 Å². The van der Waals surface area contributed by atoms with E-state index in [1.807, 2.05) is 12.1 Å². The minimum Gasteiger partial charge on any atom is -0.478 e. The third kappa shape index (κ3) is 5.28. The summed E-state index contributed by atoms with van der Waals surface area (Å²) in [5.41, 5.74) is 2.46. The summed E-state index contributed by atoms with van der Waals surface area (Å²) in [5.74, 6) is -1.48. The molecule has 2 aromatic heterocycles. The molecule has 7 heteroatoms. The zero-order valence-corrected chi connectivity index (χ0v) is 13.0. The molecule has 24 heavy (non-hydrogen) atoms. The topological polar surface area (TPSA) is 105 Å². The van der Waals surface area contributed by atoms with E-state index in [0.29, 0.717) is 12.2 Å². The average molecular weight is 330 g/mol. The Balaban J connectivity index is 0.000000224. The maximum absolute atomic E-state index is 9.55. The van der Waals surface area contributed by atoms with Gasteiger partial charge in [-0.15, -0.1) is 0 Å². The fraction of sp³-hybridized carbons (Fsp3) is 0.235. The number of fused-ring (bicyclic) bond motifs is 1. The van der Waals surface area contributed by atoms with Crippen LogP contribution in [0.15, 0.2) is 58.3 Å². The summed E-state index contributed by atoms with van der Waals surface area (Å²) in [4.78, 5) is 23.7. The highest BCUT2D eigenvalue weighted by Gasteiger charge is 2.13. The molecule has 1 aliphatic heterocycles. The summed E-state index contributed by atoms with van der Waals surface area (Å²) in [6.07, 6.45) is 6.84. The number of furan rings is 1. The third-order valence-electron chi connectivity index (χ3n) is 3.33. The molecule has 3 heterocycles. The summed E-state index contributed by atoms with van der Waals surface area (Å²) in [5, 5.41) is 15.6. The minimum absolute atomic E-state index is 0.558. The van der Waals surface area contributed by atoms with Gasteiger partial charge >= 0.3 is 11.9 Å². The number of carboxylic acids is 2. The van der Waals surface area contributed by atoms with Gasteiger partial charge in [0.1, 0.15) is 5.76 Å². The van der Waals surface area contributed by atoms with Crippen molar-refractivity contribution in [3.63, 3.8) is 0 Å². The first-order chi connectivity index (χ1) is 11.6. The number of aliphatic carboxylic acids is 2. The van der Waals surface area contributed by atoms with Crippen LogP contribution in [0.5, 0.6) is 0 Å². The molecule has 2 aromatic rings. The Labute approximate surface area is 138 Å². The van der Waals surface area contributed by atoms with Gasteiger partial charge in [-0.05, 0) is 30.7 Å². The van der Waals surface area contributed by atoms with Crippen LogP contribution in [-0.4, -0.2) is 39.0 Å². The summed E-state index contributed by atoms with van der Waals surface area (Å²) in [6, 6.07) is 8.17. The number of aryl methyl sites for hydroxylation is 1. The van der Waals surface area contributed by atoms with Crippen LogP contribution >= 0.6 is 0 Å². The highest BCUT2D eigenvalue weighted by Crippen LogP contribution is 2.14. The lowest BCUT2D eigenvalue weighted by atomic mass is 10.1. The monoisotopic (exact) mass is 330 g/mol. The SMILES string of the molecule is O=C(O)C=CC(=O)O.c1coc(CCC2=NCCn3cccc32)c1. The van der Waals surface area contributed by atoms with Crippen LogP contribution < -0.4 is 0 Å². The number of aliphatic imine (C=N–C) groups is 1. The zero-order valence-electron chi connectivity index (χ0n) is 13.0. The fourth-order valence-corrected chi connectivity index (χ4v) is 2.29. The molecule has 0 bridgehead atoms. The molecule has 0 aliphatic carbocycles. The lowest BCUT2D eigenvalue weighted by molar-refractivity contribution is -0.134. The van der Waals surface area contributed by atoms with Crippen molar-refractivity contribution in [2.24, 2.45) is 4.99 Å². The van der Waals surface area contributed by atoms with Crippen LogP contribution in [-0.2, 0) is 22.6 Å². The van der Waals surface area contributed by atoms with E-state index in [0.717, 1.165) is 31.7 Å². The van der Waals surface area contributed by atoms with Gasteiger partial charge in [-0.2, -0.15) is 0 Å². The molecule has 0 aromatic carbocycles. The summed E-state index contributed by atoms with van der Waals surface area (Å²) in [7, 11) is 0. The maximum Gasteiger partial charge on any atom is 0.328 e. The van der Waals surface area contributed by atoms with E-state index < -0.39 is 11.9 Å². The van der Waals surface area contributed by atoms with Crippen LogP contribution in [0.1, 0.15) is 17.9 Å². The van der Waals surface area contributed by atoms with E-state index in [1.54, 1.807) is 6.26 Å². The van der Waals surface area contributed by atoms with E-state index in [2.05, 4.69) is 27.9 Å². The van der Waals surface area contributed by atoms with Gasteiger partial charge in [-0.25, -0.2) is 9.59 Å². The molecule has 7 nitrogen and oxygen atoms in total. The van der Waals surface area contributed by atoms with Crippen LogP contribution in [0, 0.1) is 0 Å². The van der Waals surface area contributed by atoms with E-state index in [1.165, 1.54) is 11.4 Å². The molecular formula is C17H18N2O5. The molecule has 1 aliphatic rings. The number of aromatic nitrogens is 1. The van der Waals surface area contributed by atoms with Gasteiger partial charge in [0.15, 0.2) is 0 Å². The van der Waals surface area contributed by atoms with Crippen molar-refractivity contribution in [3.05, 3.63) is 60.3 Å². The fourth-order valence-electron chi connectivity index (χ4n) is 2.29. The average Bonchev–Trinajstić information content (AvgIpc) is 3.22. The lowest BCUT2D eigenvalue weighted by Gasteiger charge is -2.15. The summed E-state index contributed by atoms with van der Waals surface area (Å²) in [6.45, 7) is 1.90. The molecule has 126 valence electrons. The Kier molecular flexibility index (Phi) is 6.13. The molecule has 3 rings (SSSR count). The van der Waals surface area contributed by atoms with Gasteiger partial charge in [0.25, 0.3) is 0 Å². The summed E-state index contributed by atoms with van der Waals surface area (Å²) < 4.78 is 7.60. The van der Waals surface area contributed by atoms with Gasteiger partial charge in [0, 0.05) is 31.3 Å². The molecule has 2 N–H and O–H groups in total. The van der Waals surface area contributed by atoms with E-state index in [4.69, 9.17) is 14.6 Å². The van der Waals surface area contributed by atoms with Crippen molar-refractivity contribution in [3.8, 4) is 0 Å². The van der Waals surface area contributed by atoms with Crippen molar-refractivity contribution in [2.45, 2.75) is 19.4 Å². The predicted octanol–water partition coefficient (Wildman–Crippen LogP) is 2.23. The molecule has 0 atom stereocenters. The Morgan fingerprint density at radius 2 is 1.92 bits per heavy atom. The van der Waals surface area contributed by atoms with Crippen molar-refractivity contribution >= 4 is 17.7 Å². The van der Waals surface area contributed by atoms with Crippen LogP contribution in [0.4, 0.5) is 0 Å².